The molecule has 89 valence electrons. The smallest absolute Gasteiger partial charge is 0.326 e. The third-order valence-electron chi connectivity index (χ3n) is 1.62. The molecule has 0 bridgehead atoms. The average Bonchev–Trinajstić information content (AvgIpc) is 2.08. The molecule has 0 aliphatic rings. The summed E-state index contributed by atoms with van der Waals surface area (Å²) in [6.45, 7) is 1.62. The number of nitrogens with one attached hydrogen (secondary N) is 1. The van der Waals surface area contributed by atoms with Crippen molar-refractivity contribution in [3.8, 4) is 0 Å². The lowest BCUT2D eigenvalue weighted by Crippen LogP contribution is -2.39. The van der Waals surface area contributed by atoms with Gasteiger partial charge in [-0.05, 0) is 12.8 Å². The van der Waals surface area contributed by atoms with Gasteiger partial charge in [-0.2, -0.15) is 0 Å². The van der Waals surface area contributed by atoms with Gasteiger partial charge in [0, 0.05) is 30.8 Å². The topological polar surface area (TPSA) is 131 Å². The minimum absolute atomic E-state index is 0. The molecule has 0 spiro atoms. The quantitative estimate of drug-likeness (QED) is 0.190. The monoisotopic (exact) mass is 243 g/mol. The summed E-state index contributed by atoms with van der Waals surface area (Å²) in [5.74, 6) is -1.46. The Labute approximate surface area is 104 Å². The molecule has 8 heteroatoms. The maximum absolute atomic E-state index is 10.7. The first kappa shape index (κ1) is 17.1. The fraction of sp³-hybridized carbons (Fsp3) is 0.625. The van der Waals surface area contributed by atoms with Crippen LogP contribution in [0.3, 0.4) is 0 Å². The first-order chi connectivity index (χ1) is 6.93. The van der Waals surface area contributed by atoms with Gasteiger partial charge in [0.25, 0.3) is 0 Å². The maximum atomic E-state index is 10.7. The highest BCUT2D eigenvalue weighted by Crippen LogP contribution is 1.98. The lowest BCUT2D eigenvalue weighted by atomic mass is 10.1. The summed E-state index contributed by atoms with van der Waals surface area (Å²) in [6.07, 6.45) is 0.792. The number of carbonyl (C=O) groups excluding carboxylic acids is 1. The Morgan fingerprint density at radius 1 is 1.44 bits per heavy atom. The van der Waals surface area contributed by atoms with Crippen molar-refractivity contribution in [3.63, 3.8) is 0 Å². The first-order valence-corrected chi connectivity index (χ1v) is 4.48. The normalized spacial score (nSPS) is 10.8. The number of aliphatic imine (C=N–C) groups is 1. The third kappa shape index (κ3) is 9.30. The highest BCUT2D eigenvalue weighted by molar-refractivity contribution is 5.82. The van der Waals surface area contributed by atoms with Gasteiger partial charge in [-0.15, -0.1) is 0 Å². The largest absolute Gasteiger partial charge is 0.480 e. The SMILES string of the molecule is CC(=O)N[C@@H](CCCN=C(N)N)C(=O)O.[Al]. The highest BCUT2D eigenvalue weighted by Gasteiger charge is 2.17. The predicted molar refractivity (Wildman–Crippen MR) is 60.9 cm³/mol. The molecule has 0 saturated heterocycles. The number of aliphatic carboxylic acids is 1. The number of carboxylic acid groups (broad SMARTS) is 1. The number of carboxylic acids is 1. The molecule has 0 aromatic heterocycles. The second-order valence-electron chi connectivity index (χ2n) is 3.04. The van der Waals surface area contributed by atoms with Gasteiger partial charge in [0.2, 0.25) is 5.91 Å². The highest BCUT2D eigenvalue weighted by atomic mass is 27.0. The van der Waals surface area contributed by atoms with E-state index in [1.807, 2.05) is 0 Å². The van der Waals surface area contributed by atoms with Crippen LogP contribution in [0.5, 0.6) is 0 Å². The van der Waals surface area contributed by atoms with Crippen molar-refractivity contribution in [3.05, 3.63) is 0 Å². The Kier molecular flexibility index (Phi) is 9.65. The van der Waals surface area contributed by atoms with Crippen molar-refractivity contribution in [2.75, 3.05) is 6.54 Å². The predicted octanol–water partition coefficient (Wildman–Crippen LogP) is -1.75. The van der Waals surface area contributed by atoms with Gasteiger partial charge in [-0.3, -0.25) is 9.79 Å². The number of amides is 1. The summed E-state index contributed by atoms with van der Waals surface area (Å²) >= 11 is 0. The summed E-state index contributed by atoms with van der Waals surface area (Å²) in [7, 11) is 0. The van der Waals surface area contributed by atoms with E-state index in [2.05, 4.69) is 10.3 Å². The van der Waals surface area contributed by atoms with Crippen molar-refractivity contribution in [1.29, 1.82) is 0 Å². The molecule has 7 nitrogen and oxygen atoms in total. The Morgan fingerprint density at radius 3 is 2.38 bits per heavy atom. The lowest BCUT2D eigenvalue weighted by molar-refractivity contribution is -0.141. The van der Waals surface area contributed by atoms with Crippen molar-refractivity contribution >= 4 is 35.2 Å². The van der Waals surface area contributed by atoms with E-state index in [4.69, 9.17) is 16.6 Å². The van der Waals surface area contributed by atoms with Gasteiger partial charge in [0.05, 0.1) is 0 Å². The third-order valence-corrected chi connectivity index (χ3v) is 1.62. The molecule has 0 aromatic carbocycles. The van der Waals surface area contributed by atoms with Crippen LogP contribution < -0.4 is 16.8 Å². The number of carbonyl (C=O) groups is 2. The van der Waals surface area contributed by atoms with E-state index >= 15 is 0 Å². The number of hydrogen-bond donors (Lipinski definition) is 4. The maximum Gasteiger partial charge on any atom is 0.326 e. The Morgan fingerprint density at radius 2 is 2.00 bits per heavy atom. The minimum atomic E-state index is -1.06. The van der Waals surface area contributed by atoms with Gasteiger partial charge < -0.3 is 21.9 Å². The van der Waals surface area contributed by atoms with E-state index in [1.54, 1.807) is 0 Å². The fourth-order valence-corrected chi connectivity index (χ4v) is 1.01. The molecule has 3 radical (unpaired) electrons. The molecule has 0 fully saturated rings. The molecule has 0 rings (SSSR count). The molecule has 1 amide bonds. The number of hydrogen-bond acceptors (Lipinski definition) is 3. The molecule has 0 saturated carbocycles. The van der Waals surface area contributed by atoms with Gasteiger partial charge in [-0.25, -0.2) is 4.79 Å². The van der Waals surface area contributed by atoms with Crippen LogP contribution in [0.25, 0.3) is 0 Å². The summed E-state index contributed by atoms with van der Waals surface area (Å²) in [5.41, 5.74) is 10.2. The molecule has 0 aliphatic carbocycles. The van der Waals surface area contributed by atoms with E-state index in [1.165, 1.54) is 6.92 Å². The zero-order chi connectivity index (χ0) is 11.8. The number of guanidine groups is 1. The second-order valence-corrected chi connectivity index (χ2v) is 3.04. The summed E-state index contributed by atoms with van der Waals surface area (Å²) in [4.78, 5) is 25.0. The number of rotatable bonds is 6. The van der Waals surface area contributed by atoms with E-state index in [9.17, 15) is 9.59 Å². The standard InChI is InChI=1S/C8H16N4O3.Al/c1-5(13)12-6(7(14)15)3-2-4-11-8(9)10;/h6H,2-4H2,1H3,(H,12,13)(H,14,15)(H4,9,10,11);/t6-;/m0./s1. The Balaban J connectivity index is 0. The van der Waals surface area contributed by atoms with Gasteiger partial charge in [-0.1, -0.05) is 0 Å². The molecule has 16 heavy (non-hydrogen) atoms. The van der Waals surface area contributed by atoms with Crippen molar-refractivity contribution in [1.82, 2.24) is 5.32 Å². The van der Waals surface area contributed by atoms with Gasteiger partial charge in [0.15, 0.2) is 5.96 Å². The Bertz CT molecular complexity index is 266. The molecule has 0 unspecified atom stereocenters. The lowest BCUT2D eigenvalue weighted by Gasteiger charge is -2.11. The summed E-state index contributed by atoms with van der Waals surface area (Å²) < 4.78 is 0. The van der Waals surface area contributed by atoms with Crippen LogP contribution in [0, 0.1) is 0 Å². The van der Waals surface area contributed by atoms with Gasteiger partial charge >= 0.3 is 5.97 Å². The fourth-order valence-electron chi connectivity index (χ4n) is 1.01. The molecule has 0 aromatic rings. The molecule has 1 atom stereocenters. The van der Waals surface area contributed by atoms with Crippen LogP contribution in [0.1, 0.15) is 19.8 Å². The first-order valence-electron chi connectivity index (χ1n) is 4.48. The van der Waals surface area contributed by atoms with E-state index in [0.717, 1.165) is 0 Å². The molecular formula is C8H16AlN4O3. The summed E-state index contributed by atoms with van der Waals surface area (Å²) in [6, 6.07) is -0.878. The zero-order valence-corrected chi connectivity index (χ0v) is 10.3. The van der Waals surface area contributed by atoms with E-state index in [0.29, 0.717) is 19.4 Å². The van der Waals surface area contributed by atoms with E-state index in [-0.39, 0.29) is 29.2 Å². The summed E-state index contributed by atoms with van der Waals surface area (Å²) in [5, 5.41) is 11.0. The van der Waals surface area contributed by atoms with Crippen molar-refractivity contribution in [2.45, 2.75) is 25.8 Å². The molecule has 6 N–H and O–H groups in total. The van der Waals surface area contributed by atoms with Crippen LogP contribution in [-0.4, -0.2) is 52.9 Å². The molecule has 0 heterocycles. The van der Waals surface area contributed by atoms with Crippen molar-refractivity contribution < 1.29 is 14.7 Å². The minimum Gasteiger partial charge on any atom is -0.480 e. The molecular weight excluding hydrogens is 227 g/mol. The average molecular weight is 243 g/mol. The van der Waals surface area contributed by atoms with Crippen LogP contribution in [-0.2, 0) is 9.59 Å². The van der Waals surface area contributed by atoms with Crippen molar-refractivity contribution in [2.24, 2.45) is 16.5 Å². The van der Waals surface area contributed by atoms with Crippen LogP contribution in [0.15, 0.2) is 4.99 Å². The Hall–Kier alpha value is -1.26. The molecule has 0 aliphatic heterocycles. The van der Waals surface area contributed by atoms with Gasteiger partial charge in [0.1, 0.15) is 6.04 Å². The van der Waals surface area contributed by atoms with E-state index < -0.39 is 12.0 Å². The number of nitrogens with two attached hydrogens (primary N) is 2. The number of nitrogens with zero attached hydrogens (tertiary/aromatic N) is 1. The van der Waals surface area contributed by atoms with Crippen LogP contribution in [0.4, 0.5) is 0 Å². The zero-order valence-electron chi connectivity index (χ0n) is 9.14. The second kappa shape index (κ2) is 9.00. The van der Waals surface area contributed by atoms with Crippen LogP contribution >= 0.6 is 0 Å². The van der Waals surface area contributed by atoms with Crippen LogP contribution in [0.2, 0.25) is 0 Å².